The maximum absolute atomic E-state index is 12.5. The van der Waals surface area contributed by atoms with Gasteiger partial charge in [0.15, 0.2) is 0 Å². The standard InChI is InChI=1S/C28H35F3O4S/c1-18(2)19-3-9-23(10-4-19)26-16-13-24(17-27(26)36-35-34-32)22-7-5-20(6-8-22)21-11-14-25(15-12-21)33-28(29,30)31/h3-4,9-10,13,16-18,20-22,25,32H,5-8,11-12,14-15H2,1-2H3. The van der Waals surface area contributed by atoms with E-state index in [0.717, 1.165) is 66.6 Å². The van der Waals surface area contributed by atoms with Crippen molar-refractivity contribution in [2.24, 2.45) is 11.8 Å². The maximum Gasteiger partial charge on any atom is 0.522 e. The molecule has 2 aromatic carbocycles. The molecule has 0 spiro atoms. The summed E-state index contributed by atoms with van der Waals surface area (Å²) >= 11 is 0.994. The predicted octanol–water partition coefficient (Wildman–Crippen LogP) is 9.27. The van der Waals surface area contributed by atoms with Crippen molar-refractivity contribution in [3.05, 3.63) is 53.6 Å². The van der Waals surface area contributed by atoms with Crippen LogP contribution in [-0.2, 0) is 14.1 Å². The predicted molar refractivity (Wildman–Crippen MR) is 134 cm³/mol. The second kappa shape index (κ2) is 12.3. The third kappa shape index (κ3) is 7.25. The molecule has 4 nitrogen and oxygen atoms in total. The van der Waals surface area contributed by atoms with E-state index in [2.05, 4.69) is 66.1 Å². The van der Waals surface area contributed by atoms with Crippen molar-refractivity contribution >= 4 is 12.0 Å². The van der Waals surface area contributed by atoms with Crippen LogP contribution >= 0.6 is 12.0 Å². The Kier molecular flexibility index (Phi) is 9.39. The van der Waals surface area contributed by atoms with E-state index < -0.39 is 12.5 Å². The van der Waals surface area contributed by atoms with Gasteiger partial charge in [-0.05, 0) is 103 Å². The highest BCUT2D eigenvalue weighted by Gasteiger charge is 2.37. The summed E-state index contributed by atoms with van der Waals surface area (Å²) in [6, 6.07) is 14.9. The van der Waals surface area contributed by atoms with Crippen LogP contribution in [0, 0.1) is 11.8 Å². The van der Waals surface area contributed by atoms with Gasteiger partial charge in [0.25, 0.3) is 0 Å². The van der Waals surface area contributed by atoms with Gasteiger partial charge in [-0.3, -0.25) is 4.74 Å². The highest BCUT2D eigenvalue weighted by molar-refractivity contribution is 7.94. The number of benzene rings is 2. The molecule has 0 heterocycles. The Bertz CT molecular complexity index is 964. The molecule has 4 rings (SSSR count). The van der Waals surface area contributed by atoms with Crippen LogP contribution in [0.4, 0.5) is 13.2 Å². The number of hydrogen-bond donors (Lipinski definition) is 1. The molecule has 8 heteroatoms. The summed E-state index contributed by atoms with van der Waals surface area (Å²) in [7, 11) is 0. The van der Waals surface area contributed by atoms with Crippen LogP contribution in [0.15, 0.2) is 47.4 Å². The number of rotatable bonds is 8. The minimum Gasteiger partial charge on any atom is -0.289 e. The zero-order chi connectivity index (χ0) is 25.7. The number of ether oxygens (including phenoxy) is 1. The minimum absolute atomic E-state index is 0.429. The van der Waals surface area contributed by atoms with Crippen LogP contribution in [0.3, 0.4) is 0 Å². The first kappa shape index (κ1) is 27.5. The summed E-state index contributed by atoms with van der Waals surface area (Å²) in [5.74, 6) is 1.96. The van der Waals surface area contributed by atoms with E-state index in [-0.39, 0.29) is 0 Å². The lowest BCUT2D eigenvalue weighted by molar-refractivity contribution is -0.432. The topological polar surface area (TPSA) is 47.9 Å². The van der Waals surface area contributed by atoms with Crippen LogP contribution in [0.1, 0.15) is 88.2 Å². The van der Waals surface area contributed by atoms with Crippen molar-refractivity contribution in [1.82, 2.24) is 0 Å². The second-order valence-electron chi connectivity index (χ2n) is 10.5. The Morgan fingerprint density at radius 2 is 1.47 bits per heavy atom. The summed E-state index contributed by atoms with van der Waals surface area (Å²) in [5, 5.41) is 12.6. The third-order valence-electron chi connectivity index (χ3n) is 7.98. The highest BCUT2D eigenvalue weighted by atomic mass is 32.2. The quantitative estimate of drug-likeness (QED) is 0.212. The Morgan fingerprint density at radius 1 is 0.861 bits per heavy atom. The van der Waals surface area contributed by atoms with E-state index in [4.69, 9.17) is 9.59 Å². The molecule has 0 atom stereocenters. The van der Waals surface area contributed by atoms with Gasteiger partial charge in [0.05, 0.1) is 18.1 Å². The summed E-state index contributed by atoms with van der Waals surface area (Å²) in [6.45, 7) is 4.33. The van der Waals surface area contributed by atoms with Gasteiger partial charge in [-0.15, -0.1) is 17.5 Å². The monoisotopic (exact) mass is 524 g/mol. The van der Waals surface area contributed by atoms with Crippen molar-refractivity contribution in [3.63, 3.8) is 0 Å². The molecule has 2 aromatic rings. The second-order valence-corrected chi connectivity index (χ2v) is 11.2. The third-order valence-corrected chi connectivity index (χ3v) is 8.62. The molecule has 2 aliphatic carbocycles. The first-order valence-electron chi connectivity index (χ1n) is 12.9. The fraction of sp³-hybridized carbons (Fsp3) is 0.571. The van der Waals surface area contributed by atoms with Crippen molar-refractivity contribution in [2.45, 2.75) is 94.4 Å². The van der Waals surface area contributed by atoms with Gasteiger partial charge >= 0.3 is 6.36 Å². The lowest BCUT2D eigenvalue weighted by Crippen LogP contribution is -2.31. The Morgan fingerprint density at radius 3 is 2.03 bits per heavy atom. The molecule has 0 bridgehead atoms. The zero-order valence-electron chi connectivity index (χ0n) is 20.8. The fourth-order valence-corrected chi connectivity index (χ4v) is 6.55. The van der Waals surface area contributed by atoms with Crippen LogP contribution in [0.5, 0.6) is 0 Å². The lowest BCUT2D eigenvalue weighted by Gasteiger charge is -2.38. The average Bonchev–Trinajstić information content (AvgIpc) is 2.87. The molecule has 36 heavy (non-hydrogen) atoms. The van der Waals surface area contributed by atoms with E-state index >= 15 is 0 Å². The van der Waals surface area contributed by atoms with Crippen LogP contribution in [-0.4, -0.2) is 17.7 Å². The molecule has 0 aliphatic heterocycles. The summed E-state index contributed by atoms with van der Waals surface area (Å²) in [6.07, 6.45) is 1.73. The van der Waals surface area contributed by atoms with Gasteiger partial charge in [0.1, 0.15) is 0 Å². The maximum atomic E-state index is 12.5. The molecule has 2 saturated carbocycles. The van der Waals surface area contributed by atoms with Gasteiger partial charge in [0, 0.05) is 4.90 Å². The summed E-state index contributed by atoms with van der Waals surface area (Å²) in [5.41, 5.74) is 4.60. The van der Waals surface area contributed by atoms with E-state index in [9.17, 15) is 13.2 Å². The molecule has 0 amide bonds. The van der Waals surface area contributed by atoms with Gasteiger partial charge in [-0.25, -0.2) is 5.26 Å². The first-order valence-corrected chi connectivity index (χ1v) is 13.6. The van der Waals surface area contributed by atoms with Crippen LogP contribution < -0.4 is 0 Å². The lowest BCUT2D eigenvalue weighted by atomic mass is 9.69. The fourth-order valence-electron chi connectivity index (χ4n) is 5.99. The summed E-state index contributed by atoms with van der Waals surface area (Å²) in [4.78, 5) is 0.879. The molecule has 0 unspecified atom stereocenters. The van der Waals surface area contributed by atoms with E-state index in [1.165, 1.54) is 11.1 Å². The molecular weight excluding hydrogens is 489 g/mol. The number of halogens is 3. The largest absolute Gasteiger partial charge is 0.522 e. The smallest absolute Gasteiger partial charge is 0.289 e. The summed E-state index contributed by atoms with van der Waals surface area (Å²) < 4.78 is 46.6. The van der Waals surface area contributed by atoms with Gasteiger partial charge in [-0.2, -0.15) is 0 Å². The molecule has 2 aliphatic rings. The van der Waals surface area contributed by atoms with Crippen molar-refractivity contribution in [3.8, 4) is 11.1 Å². The molecule has 0 aromatic heterocycles. The van der Waals surface area contributed by atoms with Crippen molar-refractivity contribution < 1.29 is 32.5 Å². The van der Waals surface area contributed by atoms with Crippen LogP contribution in [0.25, 0.3) is 11.1 Å². The zero-order valence-corrected chi connectivity index (χ0v) is 21.6. The Hall–Kier alpha value is -1.58. The van der Waals surface area contributed by atoms with Crippen LogP contribution in [0.2, 0.25) is 0 Å². The molecular formula is C28H35F3O4S. The normalized spacial score (nSPS) is 25.3. The molecule has 0 saturated heterocycles. The average molecular weight is 525 g/mol. The number of alkyl halides is 3. The van der Waals surface area contributed by atoms with E-state index in [1.54, 1.807) is 0 Å². The van der Waals surface area contributed by atoms with E-state index in [0.29, 0.717) is 36.5 Å². The SMILES string of the molecule is CC(C)c1ccc(-c2ccc(C3CCC(C4CCC(OC(F)(F)F)CC4)CC3)cc2SOOO)cc1. The van der Waals surface area contributed by atoms with Gasteiger partial charge < -0.3 is 0 Å². The van der Waals surface area contributed by atoms with Crippen molar-refractivity contribution in [1.29, 1.82) is 0 Å². The van der Waals surface area contributed by atoms with E-state index in [1.807, 2.05) is 0 Å². The van der Waals surface area contributed by atoms with Crippen molar-refractivity contribution in [2.75, 3.05) is 0 Å². The molecule has 1 N–H and O–H groups in total. The Balaban J connectivity index is 1.38. The molecule has 2 fully saturated rings. The molecule has 198 valence electrons. The van der Waals surface area contributed by atoms with Gasteiger partial charge in [0.2, 0.25) is 0 Å². The highest BCUT2D eigenvalue weighted by Crippen LogP contribution is 2.45. The first-order chi connectivity index (χ1) is 17.2. The number of hydrogen-bond acceptors (Lipinski definition) is 5. The van der Waals surface area contributed by atoms with Gasteiger partial charge in [-0.1, -0.05) is 55.3 Å². The Labute approximate surface area is 215 Å². The minimum atomic E-state index is -4.53. The molecule has 0 radical (unpaired) electrons.